The molecule has 0 bridgehead atoms. The van der Waals surface area contributed by atoms with Crippen molar-refractivity contribution in [3.05, 3.63) is 20.8 Å². The lowest BCUT2D eigenvalue weighted by Gasteiger charge is -2.22. The highest BCUT2D eigenvalue weighted by atomic mass is 79.9. The second-order valence-corrected chi connectivity index (χ2v) is 7.29. The van der Waals surface area contributed by atoms with Crippen molar-refractivity contribution in [3.8, 4) is 0 Å². The molecule has 1 heterocycles. The van der Waals surface area contributed by atoms with E-state index in [9.17, 15) is 4.79 Å². The SMILES string of the molecule is COC(=O)C(NC1CCCCCC1)c1csc(Br)c1. The quantitative estimate of drug-likeness (QED) is 0.661. The fourth-order valence-corrected chi connectivity index (χ4v) is 3.78. The molecule has 0 aromatic carbocycles. The molecule has 1 aliphatic carbocycles. The Hall–Kier alpha value is -0.390. The molecule has 1 N–H and O–H groups in total. The monoisotopic (exact) mass is 345 g/mol. The molecule has 1 saturated carbocycles. The Kier molecular flexibility index (Phi) is 5.85. The predicted molar refractivity (Wildman–Crippen MR) is 81.4 cm³/mol. The third-order valence-electron chi connectivity index (χ3n) is 3.62. The van der Waals surface area contributed by atoms with Gasteiger partial charge in [0.1, 0.15) is 6.04 Å². The highest BCUT2D eigenvalue weighted by molar-refractivity contribution is 9.11. The van der Waals surface area contributed by atoms with Gasteiger partial charge in [0, 0.05) is 6.04 Å². The van der Waals surface area contributed by atoms with E-state index in [1.807, 2.05) is 11.4 Å². The zero-order valence-corrected chi connectivity index (χ0v) is 13.6. The Labute approximate surface area is 126 Å². The van der Waals surface area contributed by atoms with Crippen LogP contribution in [0, 0.1) is 0 Å². The summed E-state index contributed by atoms with van der Waals surface area (Å²) in [6.45, 7) is 0. The van der Waals surface area contributed by atoms with Crippen LogP contribution in [-0.2, 0) is 9.53 Å². The summed E-state index contributed by atoms with van der Waals surface area (Å²) in [6.07, 6.45) is 7.42. The first-order chi connectivity index (χ1) is 9.20. The smallest absolute Gasteiger partial charge is 0.327 e. The van der Waals surface area contributed by atoms with Gasteiger partial charge in [0.15, 0.2) is 0 Å². The number of hydrogen-bond donors (Lipinski definition) is 1. The van der Waals surface area contributed by atoms with Gasteiger partial charge in [-0.3, -0.25) is 5.32 Å². The minimum Gasteiger partial charge on any atom is -0.468 e. The number of thiophene rings is 1. The Balaban J connectivity index is 2.07. The first-order valence-electron chi connectivity index (χ1n) is 6.78. The molecule has 0 radical (unpaired) electrons. The van der Waals surface area contributed by atoms with E-state index in [-0.39, 0.29) is 12.0 Å². The largest absolute Gasteiger partial charge is 0.468 e. The number of carbonyl (C=O) groups excluding carboxylic acids is 1. The molecule has 106 valence electrons. The van der Waals surface area contributed by atoms with Crippen LogP contribution in [0.3, 0.4) is 0 Å². The summed E-state index contributed by atoms with van der Waals surface area (Å²) in [5.74, 6) is -0.199. The van der Waals surface area contributed by atoms with Crippen LogP contribution in [0.5, 0.6) is 0 Å². The van der Waals surface area contributed by atoms with E-state index >= 15 is 0 Å². The van der Waals surface area contributed by atoms with Crippen molar-refractivity contribution in [1.82, 2.24) is 5.32 Å². The number of halogens is 1. The van der Waals surface area contributed by atoms with Crippen molar-refractivity contribution in [2.45, 2.75) is 50.6 Å². The van der Waals surface area contributed by atoms with Crippen molar-refractivity contribution in [3.63, 3.8) is 0 Å². The summed E-state index contributed by atoms with van der Waals surface area (Å²) >= 11 is 5.04. The Bertz CT molecular complexity index is 413. The normalized spacial score (nSPS) is 18.8. The summed E-state index contributed by atoms with van der Waals surface area (Å²) in [5.41, 5.74) is 0.993. The maximum atomic E-state index is 12.0. The van der Waals surface area contributed by atoms with Crippen LogP contribution in [0.25, 0.3) is 0 Å². The van der Waals surface area contributed by atoms with Crippen molar-refractivity contribution < 1.29 is 9.53 Å². The first kappa shape index (κ1) is 15.0. The zero-order valence-electron chi connectivity index (χ0n) is 11.2. The summed E-state index contributed by atoms with van der Waals surface area (Å²) in [7, 11) is 1.45. The molecule has 0 spiro atoms. The molecule has 1 aromatic rings. The molecule has 1 aliphatic rings. The highest BCUT2D eigenvalue weighted by Gasteiger charge is 2.25. The number of rotatable bonds is 4. The molecule has 5 heteroatoms. The second-order valence-electron chi connectivity index (χ2n) is 5.00. The lowest BCUT2D eigenvalue weighted by atomic mass is 10.1. The molecular weight excluding hydrogens is 326 g/mol. The van der Waals surface area contributed by atoms with E-state index in [0.29, 0.717) is 6.04 Å². The molecule has 1 unspecified atom stereocenters. The van der Waals surface area contributed by atoms with Crippen LogP contribution >= 0.6 is 27.3 Å². The third-order valence-corrected chi connectivity index (χ3v) is 5.14. The Morgan fingerprint density at radius 3 is 2.63 bits per heavy atom. The molecule has 1 atom stereocenters. The lowest BCUT2D eigenvalue weighted by Crippen LogP contribution is -2.37. The van der Waals surface area contributed by atoms with Gasteiger partial charge in [0.2, 0.25) is 0 Å². The van der Waals surface area contributed by atoms with Crippen LogP contribution in [-0.4, -0.2) is 19.1 Å². The fraction of sp³-hybridized carbons (Fsp3) is 0.643. The van der Waals surface area contributed by atoms with Crippen LogP contribution in [0.4, 0.5) is 0 Å². The van der Waals surface area contributed by atoms with Gasteiger partial charge in [0.05, 0.1) is 10.9 Å². The fourth-order valence-electron chi connectivity index (χ4n) is 2.57. The highest BCUT2D eigenvalue weighted by Crippen LogP contribution is 2.28. The minimum atomic E-state index is -0.337. The molecule has 1 fully saturated rings. The van der Waals surface area contributed by atoms with E-state index in [1.165, 1.54) is 32.8 Å². The van der Waals surface area contributed by atoms with Gasteiger partial charge >= 0.3 is 5.97 Å². The lowest BCUT2D eigenvalue weighted by molar-refractivity contribution is -0.143. The number of methoxy groups -OCH3 is 1. The van der Waals surface area contributed by atoms with Crippen molar-refractivity contribution in [1.29, 1.82) is 0 Å². The van der Waals surface area contributed by atoms with Crippen LogP contribution < -0.4 is 5.32 Å². The van der Waals surface area contributed by atoms with Crippen molar-refractivity contribution in [2.75, 3.05) is 7.11 Å². The molecule has 0 aliphatic heterocycles. The maximum absolute atomic E-state index is 12.0. The number of carbonyl (C=O) groups is 1. The summed E-state index contributed by atoms with van der Waals surface area (Å²) in [4.78, 5) is 12.0. The van der Waals surface area contributed by atoms with Gasteiger partial charge in [-0.15, -0.1) is 11.3 Å². The molecule has 2 rings (SSSR count). The number of ether oxygens (including phenoxy) is 1. The van der Waals surface area contributed by atoms with Crippen LogP contribution in [0.2, 0.25) is 0 Å². The average Bonchev–Trinajstić information content (AvgIpc) is 2.68. The molecule has 1 aromatic heterocycles. The van der Waals surface area contributed by atoms with E-state index in [2.05, 4.69) is 21.2 Å². The molecule has 19 heavy (non-hydrogen) atoms. The molecule has 0 amide bonds. The van der Waals surface area contributed by atoms with Gasteiger partial charge in [0.25, 0.3) is 0 Å². The minimum absolute atomic E-state index is 0.199. The predicted octanol–water partition coefficient (Wildman–Crippen LogP) is 4.04. The topological polar surface area (TPSA) is 38.3 Å². The van der Waals surface area contributed by atoms with E-state index < -0.39 is 0 Å². The van der Waals surface area contributed by atoms with Gasteiger partial charge in [-0.2, -0.15) is 0 Å². The summed E-state index contributed by atoms with van der Waals surface area (Å²) in [6, 6.07) is 2.08. The van der Waals surface area contributed by atoms with Crippen molar-refractivity contribution in [2.24, 2.45) is 0 Å². The summed E-state index contributed by atoms with van der Waals surface area (Å²) in [5, 5.41) is 5.50. The van der Waals surface area contributed by atoms with Gasteiger partial charge < -0.3 is 4.74 Å². The Morgan fingerprint density at radius 1 is 1.42 bits per heavy atom. The Morgan fingerprint density at radius 2 is 2.11 bits per heavy atom. The van der Waals surface area contributed by atoms with E-state index in [1.54, 1.807) is 11.3 Å². The standard InChI is InChI=1S/C14H20BrNO2S/c1-18-14(17)13(10-8-12(15)19-9-10)16-11-6-4-2-3-5-7-11/h8-9,11,13,16H,2-7H2,1H3. The van der Waals surface area contributed by atoms with E-state index in [4.69, 9.17) is 4.74 Å². The number of hydrogen-bond acceptors (Lipinski definition) is 4. The second kappa shape index (κ2) is 7.41. The number of esters is 1. The molecular formula is C14H20BrNO2S. The summed E-state index contributed by atoms with van der Waals surface area (Å²) < 4.78 is 5.98. The maximum Gasteiger partial charge on any atom is 0.327 e. The van der Waals surface area contributed by atoms with Crippen molar-refractivity contribution >= 4 is 33.2 Å². The number of nitrogens with one attached hydrogen (secondary N) is 1. The third kappa shape index (κ3) is 4.29. The first-order valence-corrected chi connectivity index (χ1v) is 8.46. The molecule has 3 nitrogen and oxygen atoms in total. The average molecular weight is 346 g/mol. The molecule has 0 saturated heterocycles. The zero-order chi connectivity index (χ0) is 13.7. The van der Waals surface area contributed by atoms with Gasteiger partial charge in [-0.1, -0.05) is 25.7 Å². The van der Waals surface area contributed by atoms with E-state index in [0.717, 1.165) is 22.2 Å². The van der Waals surface area contributed by atoms with Gasteiger partial charge in [-0.05, 0) is 45.8 Å². The van der Waals surface area contributed by atoms with Crippen LogP contribution in [0.15, 0.2) is 15.2 Å². The van der Waals surface area contributed by atoms with Crippen LogP contribution in [0.1, 0.15) is 50.1 Å². The van der Waals surface area contributed by atoms with Gasteiger partial charge in [-0.25, -0.2) is 4.79 Å².